The Morgan fingerprint density at radius 2 is 1.76 bits per heavy atom. The summed E-state index contributed by atoms with van der Waals surface area (Å²) in [6.45, 7) is 5.11. The van der Waals surface area contributed by atoms with Crippen LogP contribution in [0.25, 0.3) is 10.9 Å². The largest absolute Gasteiger partial charge is 0.497 e. The molecule has 1 aliphatic heterocycles. The summed E-state index contributed by atoms with van der Waals surface area (Å²) in [5.74, 6) is 2.54. The van der Waals surface area contributed by atoms with Crippen LogP contribution in [-0.4, -0.2) is 43.8 Å². The fourth-order valence-electron chi connectivity index (χ4n) is 2.93. The lowest BCUT2D eigenvalue weighted by Gasteiger charge is -2.04. The monoisotopic (exact) mass is 458 g/mol. The second-order valence-electron chi connectivity index (χ2n) is 6.29. The Balaban J connectivity index is 0.00000225. The lowest BCUT2D eigenvalue weighted by Crippen LogP contribution is -2.26. The summed E-state index contributed by atoms with van der Waals surface area (Å²) in [6, 6.07) is 6.92. The maximum Gasteiger partial charge on any atom is 0.191 e. The van der Waals surface area contributed by atoms with Crippen LogP contribution in [-0.2, 0) is 6.42 Å². The SMILES string of the molecule is COc1cc(OC)c2cc(CCCN=C3NC(C)C(C)N3)[nH]c2c1.I. The molecule has 0 bridgehead atoms. The number of aromatic amines is 1. The maximum atomic E-state index is 5.46. The van der Waals surface area contributed by atoms with Crippen molar-refractivity contribution >= 4 is 40.8 Å². The Bertz CT molecular complexity index is 732. The van der Waals surface area contributed by atoms with Crippen LogP contribution in [0, 0.1) is 0 Å². The van der Waals surface area contributed by atoms with Crippen LogP contribution in [0.4, 0.5) is 0 Å². The van der Waals surface area contributed by atoms with Gasteiger partial charge in [-0.3, -0.25) is 4.99 Å². The van der Waals surface area contributed by atoms with E-state index in [4.69, 9.17) is 9.47 Å². The van der Waals surface area contributed by atoms with E-state index in [2.05, 4.69) is 40.5 Å². The van der Waals surface area contributed by atoms with Crippen molar-refractivity contribution in [3.63, 3.8) is 0 Å². The van der Waals surface area contributed by atoms with Crippen molar-refractivity contribution in [2.45, 2.75) is 38.8 Å². The van der Waals surface area contributed by atoms with Gasteiger partial charge in [0.25, 0.3) is 0 Å². The maximum absolute atomic E-state index is 5.46. The molecule has 3 N–H and O–H groups in total. The quantitative estimate of drug-likeness (QED) is 0.460. The lowest BCUT2D eigenvalue weighted by molar-refractivity contribution is 0.398. The molecule has 1 saturated heterocycles. The molecule has 138 valence electrons. The molecule has 0 aliphatic carbocycles. The molecule has 0 saturated carbocycles. The average Bonchev–Trinajstić information content (AvgIpc) is 3.13. The molecule has 0 radical (unpaired) electrons. The van der Waals surface area contributed by atoms with Crippen LogP contribution in [0.1, 0.15) is 26.0 Å². The summed E-state index contributed by atoms with van der Waals surface area (Å²) in [5, 5.41) is 7.79. The highest BCUT2D eigenvalue weighted by Gasteiger charge is 2.21. The number of H-pyrrole nitrogens is 1. The normalized spacial score (nSPS) is 19.1. The number of halogens is 1. The second-order valence-corrected chi connectivity index (χ2v) is 6.29. The van der Waals surface area contributed by atoms with Crippen molar-refractivity contribution in [3.05, 3.63) is 23.9 Å². The predicted octanol–water partition coefficient (Wildman–Crippen LogP) is 3.06. The second kappa shape index (κ2) is 8.64. The van der Waals surface area contributed by atoms with Crippen molar-refractivity contribution in [2.24, 2.45) is 4.99 Å². The Kier molecular flexibility index (Phi) is 6.80. The molecule has 0 spiro atoms. The van der Waals surface area contributed by atoms with Gasteiger partial charge in [0.05, 0.1) is 19.7 Å². The number of benzene rings is 1. The van der Waals surface area contributed by atoms with E-state index < -0.39 is 0 Å². The number of nitrogens with one attached hydrogen (secondary N) is 3. The van der Waals surface area contributed by atoms with Gasteiger partial charge < -0.3 is 25.1 Å². The lowest BCUT2D eigenvalue weighted by atomic mass is 10.2. The van der Waals surface area contributed by atoms with Crippen molar-refractivity contribution < 1.29 is 9.47 Å². The van der Waals surface area contributed by atoms with Gasteiger partial charge in [-0.15, -0.1) is 24.0 Å². The van der Waals surface area contributed by atoms with E-state index in [0.29, 0.717) is 12.1 Å². The van der Waals surface area contributed by atoms with Gasteiger partial charge in [-0.2, -0.15) is 0 Å². The van der Waals surface area contributed by atoms with Crippen LogP contribution >= 0.6 is 24.0 Å². The highest BCUT2D eigenvalue weighted by atomic mass is 127. The van der Waals surface area contributed by atoms with Crippen molar-refractivity contribution in [3.8, 4) is 11.5 Å². The first-order valence-electron chi connectivity index (χ1n) is 8.42. The number of methoxy groups -OCH3 is 2. The van der Waals surface area contributed by atoms with Gasteiger partial charge in [0, 0.05) is 41.8 Å². The number of nitrogens with zero attached hydrogens (tertiary/aromatic N) is 1. The molecule has 2 atom stereocenters. The number of fused-ring (bicyclic) bond motifs is 1. The molecule has 6 nitrogen and oxygen atoms in total. The fraction of sp³-hybridized carbons (Fsp3) is 0.500. The first-order valence-corrected chi connectivity index (χ1v) is 8.42. The fourth-order valence-corrected chi connectivity index (χ4v) is 2.93. The number of aryl methyl sites for hydroxylation is 1. The van der Waals surface area contributed by atoms with Crippen LogP contribution < -0.4 is 20.1 Å². The molecular formula is C18H27IN4O2. The average molecular weight is 458 g/mol. The Morgan fingerprint density at radius 1 is 1.04 bits per heavy atom. The minimum absolute atomic E-state index is 0. The Morgan fingerprint density at radius 3 is 2.40 bits per heavy atom. The van der Waals surface area contributed by atoms with Gasteiger partial charge >= 0.3 is 0 Å². The van der Waals surface area contributed by atoms with E-state index >= 15 is 0 Å². The molecule has 25 heavy (non-hydrogen) atoms. The molecular weight excluding hydrogens is 431 g/mol. The van der Waals surface area contributed by atoms with Gasteiger partial charge in [-0.1, -0.05) is 0 Å². The molecule has 2 heterocycles. The third-order valence-electron chi connectivity index (χ3n) is 4.54. The van der Waals surface area contributed by atoms with E-state index in [1.807, 2.05) is 12.1 Å². The van der Waals surface area contributed by atoms with Crippen LogP contribution in [0.2, 0.25) is 0 Å². The highest BCUT2D eigenvalue weighted by molar-refractivity contribution is 14.0. The molecule has 3 rings (SSSR count). The van der Waals surface area contributed by atoms with Gasteiger partial charge in [0.15, 0.2) is 5.96 Å². The summed E-state index contributed by atoms with van der Waals surface area (Å²) in [7, 11) is 3.34. The van der Waals surface area contributed by atoms with E-state index in [1.165, 1.54) is 5.69 Å². The van der Waals surface area contributed by atoms with E-state index in [0.717, 1.165) is 47.7 Å². The van der Waals surface area contributed by atoms with Gasteiger partial charge in [-0.05, 0) is 32.8 Å². The van der Waals surface area contributed by atoms with Crippen LogP contribution in [0.3, 0.4) is 0 Å². The summed E-state index contributed by atoms with van der Waals surface area (Å²) in [4.78, 5) is 8.04. The third-order valence-corrected chi connectivity index (χ3v) is 4.54. The van der Waals surface area contributed by atoms with Crippen molar-refractivity contribution in [1.82, 2.24) is 15.6 Å². The van der Waals surface area contributed by atoms with Crippen LogP contribution in [0.5, 0.6) is 11.5 Å². The van der Waals surface area contributed by atoms with E-state index in [1.54, 1.807) is 14.2 Å². The number of hydrogen-bond acceptors (Lipinski definition) is 3. The number of hydrogen-bond donors (Lipinski definition) is 3. The molecule has 2 aromatic rings. The van der Waals surface area contributed by atoms with E-state index in [-0.39, 0.29) is 24.0 Å². The standard InChI is InChI=1S/C18H26N4O2.HI/c1-11-12(2)21-18(20-11)19-7-5-6-13-8-15-16(22-13)9-14(23-3)10-17(15)24-4;/h8-12,22H,5-7H2,1-4H3,(H2,19,20,21);1H. The summed E-state index contributed by atoms with van der Waals surface area (Å²) in [6.07, 6.45) is 1.93. The number of rotatable bonds is 6. The van der Waals surface area contributed by atoms with Crippen LogP contribution in [0.15, 0.2) is 23.2 Å². The zero-order chi connectivity index (χ0) is 17.1. The van der Waals surface area contributed by atoms with Crippen molar-refractivity contribution in [2.75, 3.05) is 20.8 Å². The minimum Gasteiger partial charge on any atom is -0.497 e. The van der Waals surface area contributed by atoms with Gasteiger partial charge in [0.1, 0.15) is 11.5 Å². The topological polar surface area (TPSA) is 70.7 Å². The third kappa shape index (κ3) is 4.50. The van der Waals surface area contributed by atoms with E-state index in [9.17, 15) is 0 Å². The van der Waals surface area contributed by atoms with Gasteiger partial charge in [-0.25, -0.2) is 0 Å². The number of ether oxygens (including phenoxy) is 2. The predicted molar refractivity (Wildman–Crippen MR) is 113 cm³/mol. The molecule has 1 fully saturated rings. The number of guanidine groups is 1. The zero-order valence-corrected chi connectivity index (χ0v) is 17.5. The summed E-state index contributed by atoms with van der Waals surface area (Å²) in [5.41, 5.74) is 2.22. The molecule has 2 unspecified atom stereocenters. The Hall–Kier alpha value is -1.64. The molecule has 0 amide bonds. The van der Waals surface area contributed by atoms with Crippen molar-refractivity contribution in [1.29, 1.82) is 0 Å². The highest BCUT2D eigenvalue weighted by Crippen LogP contribution is 2.31. The minimum atomic E-state index is 0. The first kappa shape index (κ1) is 19.7. The summed E-state index contributed by atoms with van der Waals surface area (Å²) >= 11 is 0. The molecule has 7 heteroatoms. The molecule has 1 aliphatic rings. The zero-order valence-electron chi connectivity index (χ0n) is 15.2. The first-order chi connectivity index (χ1) is 11.6. The number of aromatic nitrogens is 1. The number of aliphatic imine (C=N–C) groups is 1. The molecule has 1 aromatic carbocycles. The summed E-state index contributed by atoms with van der Waals surface area (Å²) < 4.78 is 10.8. The Labute approximate surface area is 165 Å². The molecule has 1 aromatic heterocycles. The smallest absolute Gasteiger partial charge is 0.191 e. The van der Waals surface area contributed by atoms with Gasteiger partial charge in [0.2, 0.25) is 0 Å².